The van der Waals surface area contributed by atoms with Crippen LogP contribution in [-0.2, 0) is 6.18 Å². The summed E-state index contributed by atoms with van der Waals surface area (Å²) in [5, 5.41) is 6.16. The molecule has 32 heavy (non-hydrogen) atoms. The topological polar surface area (TPSA) is 59.3 Å². The highest BCUT2D eigenvalue weighted by Crippen LogP contribution is 2.34. The van der Waals surface area contributed by atoms with E-state index >= 15 is 0 Å². The summed E-state index contributed by atoms with van der Waals surface area (Å²) in [6.07, 6.45) is -4.81. The molecule has 0 spiro atoms. The smallest absolute Gasteiger partial charge is 0.344 e. The number of alkyl halides is 3. The Hall–Kier alpha value is -3.46. The lowest BCUT2D eigenvalue weighted by molar-refractivity contribution is -0.142. The lowest BCUT2D eigenvalue weighted by Crippen LogP contribution is -2.27. The minimum Gasteiger partial charge on any atom is -0.344 e. The van der Waals surface area contributed by atoms with Crippen LogP contribution in [0.15, 0.2) is 60.7 Å². The Morgan fingerprint density at radius 3 is 2.38 bits per heavy atom. The van der Waals surface area contributed by atoms with E-state index in [1.54, 1.807) is 31.2 Å². The minimum atomic E-state index is -4.81. The fourth-order valence-electron chi connectivity index (χ4n) is 3.20. The second-order valence-corrected chi connectivity index (χ2v) is 7.41. The van der Waals surface area contributed by atoms with Crippen LogP contribution in [0.1, 0.15) is 34.7 Å². The van der Waals surface area contributed by atoms with Crippen molar-refractivity contribution in [2.24, 2.45) is 0 Å². The van der Waals surface area contributed by atoms with Gasteiger partial charge in [-0.05, 0) is 42.8 Å². The lowest BCUT2D eigenvalue weighted by Gasteiger charge is -2.13. The van der Waals surface area contributed by atoms with E-state index in [4.69, 9.17) is 11.6 Å². The second-order valence-electron chi connectivity index (χ2n) is 7.04. The Morgan fingerprint density at radius 2 is 1.75 bits per heavy atom. The molecule has 0 saturated heterocycles. The van der Waals surface area contributed by atoms with Crippen molar-refractivity contribution in [3.05, 3.63) is 88.5 Å². The number of carbonyl (C=O) groups excluding carboxylic acids is 1. The average Bonchev–Trinajstić information content (AvgIpc) is 3.10. The average molecular weight is 463 g/mol. The van der Waals surface area contributed by atoms with Crippen LogP contribution in [0.3, 0.4) is 0 Å². The normalized spacial score (nSPS) is 12.7. The molecular weight excluding hydrogens is 448 g/mol. The van der Waals surface area contributed by atoms with Gasteiger partial charge in [-0.2, -0.15) is 18.3 Å². The summed E-state index contributed by atoms with van der Waals surface area (Å²) in [4.78, 5) is 16.9. The maximum Gasteiger partial charge on any atom is 0.433 e. The van der Waals surface area contributed by atoms with E-state index < -0.39 is 29.6 Å². The van der Waals surface area contributed by atoms with Crippen LogP contribution in [0, 0.1) is 5.82 Å². The largest absolute Gasteiger partial charge is 0.433 e. The maximum atomic E-state index is 13.8. The van der Waals surface area contributed by atoms with Crippen LogP contribution in [0.5, 0.6) is 0 Å². The van der Waals surface area contributed by atoms with E-state index in [1.807, 2.05) is 6.07 Å². The van der Waals surface area contributed by atoms with E-state index in [9.17, 15) is 22.4 Å². The first-order valence-electron chi connectivity index (χ1n) is 9.43. The van der Waals surface area contributed by atoms with Crippen LogP contribution < -0.4 is 5.32 Å². The molecule has 2 heterocycles. The summed E-state index contributed by atoms with van der Waals surface area (Å²) in [6.45, 7) is 1.73. The monoisotopic (exact) mass is 462 g/mol. The maximum absolute atomic E-state index is 13.8. The van der Waals surface area contributed by atoms with Gasteiger partial charge in [0.2, 0.25) is 0 Å². The van der Waals surface area contributed by atoms with Crippen molar-refractivity contribution in [3.8, 4) is 11.3 Å². The molecule has 1 amide bonds. The number of fused-ring (bicyclic) bond motifs is 1. The molecule has 0 radical (unpaired) electrons. The third-order valence-electron chi connectivity index (χ3n) is 4.83. The van der Waals surface area contributed by atoms with Gasteiger partial charge in [-0.15, -0.1) is 0 Å². The van der Waals surface area contributed by atoms with Gasteiger partial charge >= 0.3 is 6.18 Å². The van der Waals surface area contributed by atoms with E-state index in [1.165, 1.54) is 12.1 Å². The molecule has 0 saturated carbocycles. The highest BCUT2D eigenvalue weighted by molar-refractivity contribution is 6.36. The molecule has 0 bridgehead atoms. The van der Waals surface area contributed by atoms with Crippen molar-refractivity contribution in [2.45, 2.75) is 19.1 Å². The summed E-state index contributed by atoms with van der Waals surface area (Å²) in [5.74, 6) is -1.28. The van der Waals surface area contributed by atoms with Gasteiger partial charge in [0.15, 0.2) is 17.0 Å². The third-order valence-corrected chi connectivity index (χ3v) is 5.17. The summed E-state index contributed by atoms with van der Waals surface area (Å²) in [5.41, 5.74) is -0.925. The zero-order valence-electron chi connectivity index (χ0n) is 16.5. The molecule has 0 fully saturated rings. The fourth-order valence-corrected chi connectivity index (χ4v) is 3.44. The van der Waals surface area contributed by atoms with Crippen LogP contribution in [0.2, 0.25) is 5.02 Å². The van der Waals surface area contributed by atoms with E-state index in [0.717, 1.165) is 23.8 Å². The first-order chi connectivity index (χ1) is 15.1. The molecule has 0 unspecified atom stereocenters. The molecule has 2 aromatic heterocycles. The predicted molar refractivity (Wildman–Crippen MR) is 111 cm³/mol. The van der Waals surface area contributed by atoms with Crippen molar-refractivity contribution in [3.63, 3.8) is 0 Å². The minimum absolute atomic E-state index is 0.0868. The van der Waals surface area contributed by atoms with Gasteiger partial charge < -0.3 is 5.32 Å². The highest BCUT2D eigenvalue weighted by Gasteiger charge is 2.36. The van der Waals surface area contributed by atoms with Gasteiger partial charge in [0.25, 0.3) is 5.91 Å². The number of halogens is 5. The summed E-state index contributed by atoms with van der Waals surface area (Å²) >= 11 is 6.25. The number of nitrogens with zero attached hydrogens (tertiary/aromatic N) is 3. The number of hydrogen-bond acceptors (Lipinski definition) is 3. The van der Waals surface area contributed by atoms with Crippen LogP contribution in [0.4, 0.5) is 17.6 Å². The molecule has 4 aromatic rings. The van der Waals surface area contributed by atoms with Gasteiger partial charge in [0.05, 0.1) is 11.7 Å². The van der Waals surface area contributed by atoms with Gasteiger partial charge in [0.1, 0.15) is 10.8 Å². The van der Waals surface area contributed by atoms with E-state index in [2.05, 4.69) is 15.4 Å². The molecular formula is C22H15ClF4N4O. The second kappa shape index (κ2) is 8.23. The molecule has 0 aliphatic rings. The molecule has 164 valence electrons. The zero-order chi connectivity index (χ0) is 23.0. The molecule has 4 rings (SSSR count). The highest BCUT2D eigenvalue weighted by atomic mass is 35.5. The van der Waals surface area contributed by atoms with Gasteiger partial charge in [-0.25, -0.2) is 13.9 Å². The molecule has 1 N–H and O–H groups in total. The van der Waals surface area contributed by atoms with Crippen LogP contribution in [-0.4, -0.2) is 20.5 Å². The molecule has 10 heteroatoms. The van der Waals surface area contributed by atoms with Crippen LogP contribution >= 0.6 is 11.6 Å². The Morgan fingerprint density at radius 1 is 1.09 bits per heavy atom. The van der Waals surface area contributed by atoms with Crippen molar-refractivity contribution in [1.29, 1.82) is 0 Å². The number of rotatable bonds is 4. The summed E-state index contributed by atoms with van der Waals surface area (Å²) in [7, 11) is 0. The zero-order valence-corrected chi connectivity index (χ0v) is 17.2. The van der Waals surface area contributed by atoms with Crippen LogP contribution in [0.25, 0.3) is 16.9 Å². The molecule has 5 nitrogen and oxygen atoms in total. The first-order valence-corrected chi connectivity index (χ1v) is 9.81. The Bertz CT molecular complexity index is 1290. The number of benzene rings is 2. The lowest BCUT2D eigenvalue weighted by atomic mass is 10.1. The number of aromatic nitrogens is 3. The van der Waals surface area contributed by atoms with Crippen molar-refractivity contribution >= 4 is 23.2 Å². The van der Waals surface area contributed by atoms with Crippen molar-refractivity contribution in [1.82, 2.24) is 19.9 Å². The SMILES string of the molecule is C[C@H](NC(=O)c1nn2c(C(F)(F)F)cc(-c3ccc(F)cc3)nc2c1Cl)c1ccccc1. The molecule has 0 aliphatic heterocycles. The first kappa shape index (κ1) is 21.8. The quantitative estimate of drug-likeness (QED) is 0.396. The molecule has 0 aliphatic carbocycles. The number of amides is 1. The van der Waals surface area contributed by atoms with Crippen molar-refractivity contribution < 1.29 is 22.4 Å². The number of carbonyl (C=O) groups is 1. The summed E-state index contributed by atoms with van der Waals surface area (Å²) in [6, 6.07) is 14.2. The third kappa shape index (κ3) is 4.16. The van der Waals surface area contributed by atoms with Gasteiger partial charge in [0, 0.05) is 5.56 Å². The summed E-state index contributed by atoms with van der Waals surface area (Å²) < 4.78 is 55.0. The standard InChI is InChI=1S/C22H15ClF4N4O/c1-12(13-5-3-2-4-6-13)28-21(32)19-18(23)20-29-16(14-7-9-15(24)10-8-14)11-17(22(25,26)27)31(20)30-19/h2-12H,1H3,(H,28,32)/t12-/m0/s1. The number of hydrogen-bond donors (Lipinski definition) is 1. The Kier molecular flexibility index (Phi) is 5.60. The molecule has 2 aromatic carbocycles. The molecule has 1 atom stereocenters. The Labute approximate surface area is 184 Å². The predicted octanol–water partition coefficient (Wildman–Crippen LogP) is 5.70. The van der Waals surface area contributed by atoms with E-state index in [0.29, 0.717) is 4.52 Å². The van der Waals surface area contributed by atoms with Gasteiger partial charge in [-0.3, -0.25) is 4.79 Å². The number of nitrogens with one attached hydrogen (secondary N) is 1. The Balaban J connectivity index is 1.79. The fraction of sp³-hybridized carbons (Fsp3) is 0.136. The van der Waals surface area contributed by atoms with Crippen molar-refractivity contribution in [2.75, 3.05) is 0 Å². The van der Waals surface area contributed by atoms with E-state index in [-0.39, 0.29) is 27.6 Å². The van der Waals surface area contributed by atoms with Gasteiger partial charge in [-0.1, -0.05) is 41.9 Å².